The smallest absolute Gasteiger partial charge is 0.0433 e. The van der Waals surface area contributed by atoms with Crippen LogP contribution in [0.15, 0.2) is 23.1 Å². The van der Waals surface area contributed by atoms with Crippen LogP contribution in [0, 0.1) is 11.8 Å². The van der Waals surface area contributed by atoms with E-state index >= 15 is 0 Å². The van der Waals surface area contributed by atoms with Crippen LogP contribution in [-0.2, 0) is 0 Å². The van der Waals surface area contributed by atoms with Crippen molar-refractivity contribution >= 4 is 11.8 Å². The molecule has 0 amide bonds. The van der Waals surface area contributed by atoms with Crippen LogP contribution in [0.25, 0.3) is 0 Å². The van der Waals surface area contributed by atoms with E-state index in [1.54, 1.807) is 0 Å². The second-order valence-electron chi connectivity index (χ2n) is 5.77. The van der Waals surface area contributed by atoms with Crippen molar-refractivity contribution in [3.63, 3.8) is 0 Å². The first kappa shape index (κ1) is 16.8. The Hall–Kier alpha value is -0.210. The molecular formula is C17H30OS. The lowest BCUT2D eigenvalue weighted by Gasteiger charge is -2.17. The summed E-state index contributed by atoms with van der Waals surface area (Å²) >= 11 is 2.03. The third kappa shape index (κ3) is 7.84. The van der Waals surface area contributed by atoms with E-state index in [2.05, 4.69) is 39.0 Å². The standard InChI is InChI=1S/C17H30OS/c1-4-15(11-12-18)13-14(3)7-6-8-16(5-2)19-17-9-10-17/h5-6,8,14-15,17-18H,4,7,9-13H2,1-3H3/b8-6-,16-5+. The van der Waals surface area contributed by atoms with Crippen molar-refractivity contribution < 1.29 is 5.11 Å². The summed E-state index contributed by atoms with van der Waals surface area (Å²) in [5.41, 5.74) is 0. The number of aliphatic hydroxyl groups is 1. The summed E-state index contributed by atoms with van der Waals surface area (Å²) < 4.78 is 0. The molecule has 2 unspecified atom stereocenters. The van der Waals surface area contributed by atoms with Crippen molar-refractivity contribution in [1.82, 2.24) is 0 Å². The zero-order valence-corrected chi connectivity index (χ0v) is 13.6. The predicted molar refractivity (Wildman–Crippen MR) is 87.4 cm³/mol. The van der Waals surface area contributed by atoms with Gasteiger partial charge in [0.05, 0.1) is 0 Å². The monoisotopic (exact) mass is 282 g/mol. The molecule has 1 N–H and O–H groups in total. The Morgan fingerprint density at radius 2 is 2.16 bits per heavy atom. The summed E-state index contributed by atoms with van der Waals surface area (Å²) in [6.45, 7) is 7.02. The van der Waals surface area contributed by atoms with Crippen LogP contribution >= 0.6 is 11.8 Å². The van der Waals surface area contributed by atoms with Crippen molar-refractivity contribution in [3.8, 4) is 0 Å². The first-order chi connectivity index (χ1) is 9.19. The van der Waals surface area contributed by atoms with Gasteiger partial charge < -0.3 is 5.11 Å². The Kier molecular flexibility index (Phi) is 8.56. The Bertz CT molecular complexity index is 292. The number of rotatable bonds is 10. The average molecular weight is 282 g/mol. The van der Waals surface area contributed by atoms with Gasteiger partial charge in [-0.05, 0) is 50.9 Å². The normalized spacial score (nSPS) is 19.9. The highest BCUT2D eigenvalue weighted by molar-refractivity contribution is 8.04. The highest BCUT2D eigenvalue weighted by Gasteiger charge is 2.22. The maximum Gasteiger partial charge on any atom is 0.0433 e. The summed E-state index contributed by atoms with van der Waals surface area (Å²) in [4.78, 5) is 1.43. The second kappa shape index (κ2) is 9.66. The average Bonchev–Trinajstić information content (AvgIpc) is 3.21. The largest absolute Gasteiger partial charge is 0.396 e. The fourth-order valence-corrected chi connectivity index (χ4v) is 3.40. The maximum atomic E-state index is 9.03. The fourth-order valence-electron chi connectivity index (χ4n) is 2.33. The minimum absolute atomic E-state index is 0.335. The molecule has 1 aliphatic rings. The van der Waals surface area contributed by atoms with Crippen LogP contribution in [0.2, 0.25) is 0 Å². The SMILES string of the molecule is C/C=C(\C=C/CC(C)CC(CC)CCO)SC1CC1. The molecule has 0 bridgehead atoms. The molecule has 0 radical (unpaired) electrons. The van der Waals surface area contributed by atoms with Crippen molar-refractivity contribution in [2.45, 2.75) is 64.5 Å². The van der Waals surface area contributed by atoms with Crippen LogP contribution in [0.3, 0.4) is 0 Å². The van der Waals surface area contributed by atoms with Gasteiger partial charge in [-0.2, -0.15) is 0 Å². The number of aliphatic hydroxyl groups excluding tert-OH is 1. The lowest BCUT2D eigenvalue weighted by Crippen LogP contribution is -2.07. The van der Waals surface area contributed by atoms with E-state index in [1.165, 1.54) is 30.6 Å². The van der Waals surface area contributed by atoms with Gasteiger partial charge in [-0.1, -0.05) is 38.5 Å². The molecule has 1 aliphatic carbocycles. The number of hydrogen-bond donors (Lipinski definition) is 1. The van der Waals surface area contributed by atoms with Gasteiger partial charge in [0.15, 0.2) is 0 Å². The molecule has 1 saturated carbocycles. The number of thioether (sulfide) groups is 1. The molecule has 1 nitrogen and oxygen atoms in total. The molecule has 0 spiro atoms. The highest BCUT2D eigenvalue weighted by Crippen LogP contribution is 2.39. The van der Waals surface area contributed by atoms with E-state index in [4.69, 9.17) is 5.11 Å². The van der Waals surface area contributed by atoms with Crippen LogP contribution in [0.1, 0.15) is 59.3 Å². The molecule has 0 saturated heterocycles. The van der Waals surface area contributed by atoms with Gasteiger partial charge in [-0.15, -0.1) is 11.8 Å². The topological polar surface area (TPSA) is 20.2 Å². The highest BCUT2D eigenvalue weighted by atomic mass is 32.2. The van der Waals surface area contributed by atoms with Gasteiger partial charge in [0, 0.05) is 16.8 Å². The molecule has 0 aliphatic heterocycles. The fraction of sp³-hybridized carbons (Fsp3) is 0.765. The molecule has 0 aromatic rings. The second-order valence-corrected chi connectivity index (χ2v) is 7.15. The van der Waals surface area contributed by atoms with Crippen molar-refractivity contribution in [2.75, 3.05) is 6.61 Å². The molecule has 110 valence electrons. The zero-order chi connectivity index (χ0) is 14.1. The Morgan fingerprint density at radius 3 is 2.68 bits per heavy atom. The van der Waals surface area contributed by atoms with Crippen molar-refractivity contribution in [2.24, 2.45) is 11.8 Å². The van der Waals surface area contributed by atoms with Crippen LogP contribution in [0.4, 0.5) is 0 Å². The number of hydrogen-bond acceptors (Lipinski definition) is 2. The Morgan fingerprint density at radius 1 is 1.42 bits per heavy atom. The van der Waals surface area contributed by atoms with Crippen molar-refractivity contribution in [3.05, 3.63) is 23.1 Å². The lowest BCUT2D eigenvalue weighted by atomic mass is 9.89. The van der Waals surface area contributed by atoms with E-state index in [9.17, 15) is 0 Å². The van der Waals surface area contributed by atoms with Crippen molar-refractivity contribution in [1.29, 1.82) is 0 Å². The summed E-state index contributed by atoms with van der Waals surface area (Å²) in [7, 11) is 0. The van der Waals surface area contributed by atoms with E-state index in [-0.39, 0.29) is 0 Å². The molecular weight excluding hydrogens is 252 g/mol. The summed E-state index contributed by atoms with van der Waals surface area (Å²) in [5.74, 6) is 1.41. The molecule has 0 heterocycles. The van der Waals surface area contributed by atoms with Gasteiger partial charge in [0.2, 0.25) is 0 Å². The van der Waals surface area contributed by atoms with E-state index < -0.39 is 0 Å². The molecule has 2 atom stereocenters. The molecule has 1 rings (SSSR count). The quantitative estimate of drug-likeness (QED) is 0.558. The van der Waals surface area contributed by atoms with Gasteiger partial charge in [0.25, 0.3) is 0 Å². The zero-order valence-electron chi connectivity index (χ0n) is 12.8. The van der Waals surface area contributed by atoms with Gasteiger partial charge in [0.1, 0.15) is 0 Å². The Balaban J connectivity index is 2.24. The first-order valence-corrected chi connectivity index (χ1v) is 8.67. The predicted octanol–water partition coefficient (Wildman–Crippen LogP) is 5.17. The van der Waals surface area contributed by atoms with Crippen LogP contribution in [0.5, 0.6) is 0 Å². The Labute approximate surface area is 123 Å². The molecule has 0 aromatic carbocycles. The van der Waals surface area contributed by atoms with Gasteiger partial charge in [-0.3, -0.25) is 0 Å². The van der Waals surface area contributed by atoms with E-state index in [1.807, 2.05) is 11.8 Å². The van der Waals surface area contributed by atoms with Gasteiger partial charge in [-0.25, -0.2) is 0 Å². The molecule has 0 aromatic heterocycles. The lowest BCUT2D eigenvalue weighted by molar-refractivity contribution is 0.237. The van der Waals surface area contributed by atoms with E-state index in [0.29, 0.717) is 12.5 Å². The summed E-state index contributed by atoms with van der Waals surface area (Å²) in [6, 6.07) is 0. The van der Waals surface area contributed by atoms with Crippen LogP contribution in [-0.4, -0.2) is 17.0 Å². The molecule has 2 heteroatoms. The maximum absolute atomic E-state index is 9.03. The first-order valence-electron chi connectivity index (χ1n) is 7.79. The minimum Gasteiger partial charge on any atom is -0.396 e. The minimum atomic E-state index is 0.335. The van der Waals surface area contributed by atoms with Gasteiger partial charge >= 0.3 is 0 Å². The molecule has 19 heavy (non-hydrogen) atoms. The summed E-state index contributed by atoms with van der Waals surface area (Å²) in [6.07, 6.45) is 14.2. The van der Waals surface area contributed by atoms with Crippen LogP contribution < -0.4 is 0 Å². The number of allylic oxidation sites excluding steroid dienone is 3. The van der Waals surface area contributed by atoms with E-state index in [0.717, 1.165) is 24.0 Å². The molecule has 1 fully saturated rings. The third-order valence-electron chi connectivity index (χ3n) is 3.78. The summed E-state index contributed by atoms with van der Waals surface area (Å²) in [5, 5.41) is 9.92. The third-order valence-corrected chi connectivity index (χ3v) is 5.23.